The van der Waals surface area contributed by atoms with Crippen LogP contribution in [-0.2, 0) is 13.0 Å². The molecule has 3 nitrogen and oxygen atoms in total. The van der Waals surface area contributed by atoms with Crippen molar-refractivity contribution >= 4 is 0 Å². The fourth-order valence-corrected chi connectivity index (χ4v) is 6.09. The fraction of sp³-hybridized carbons (Fsp3) is 0.824. The molecule has 108 valence electrons. The summed E-state index contributed by atoms with van der Waals surface area (Å²) in [5, 5.41) is 8.52. The number of fused-ring (bicyclic) bond motifs is 1. The second-order valence-corrected chi connectivity index (χ2v) is 7.80. The van der Waals surface area contributed by atoms with Gasteiger partial charge in [-0.1, -0.05) is 0 Å². The molecule has 1 aromatic rings. The van der Waals surface area contributed by atoms with Crippen molar-refractivity contribution in [2.24, 2.45) is 23.7 Å². The van der Waals surface area contributed by atoms with Gasteiger partial charge < -0.3 is 5.32 Å². The summed E-state index contributed by atoms with van der Waals surface area (Å²) in [5.41, 5.74) is 4.37. The SMILES string of the molecule is Cc1c2c(nn1C1C3CC4CC(C3)CC1C4)CNCC2. The highest BCUT2D eigenvalue weighted by Gasteiger charge is 2.49. The van der Waals surface area contributed by atoms with Gasteiger partial charge in [-0.15, -0.1) is 0 Å². The molecule has 0 amide bonds. The lowest BCUT2D eigenvalue weighted by atomic mass is 9.54. The Morgan fingerprint density at radius 1 is 1.05 bits per heavy atom. The minimum absolute atomic E-state index is 0.730. The van der Waals surface area contributed by atoms with Crippen LogP contribution < -0.4 is 5.32 Å². The van der Waals surface area contributed by atoms with E-state index in [-0.39, 0.29) is 0 Å². The summed E-state index contributed by atoms with van der Waals surface area (Å²) >= 11 is 0. The first-order chi connectivity index (χ1) is 9.79. The van der Waals surface area contributed by atoms with Crippen LogP contribution in [0.25, 0.3) is 0 Å². The summed E-state index contributed by atoms with van der Waals surface area (Å²) in [6.45, 7) is 4.43. The Bertz CT molecular complexity index is 517. The second-order valence-electron chi connectivity index (χ2n) is 7.80. The van der Waals surface area contributed by atoms with Crippen LogP contribution in [0.4, 0.5) is 0 Å². The fourth-order valence-electron chi connectivity index (χ4n) is 6.09. The highest BCUT2D eigenvalue weighted by Crippen LogP contribution is 2.58. The van der Waals surface area contributed by atoms with Gasteiger partial charge >= 0.3 is 0 Å². The van der Waals surface area contributed by atoms with Gasteiger partial charge in [-0.25, -0.2) is 0 Å². The summed E-state index contributed by atoms with van der Waals surface area (Å²) in [7, 11) is 0. The van der Waals surface area contributed by atoms with E-state index in [4.69, 9.17) is 5.10 Å². The molecule has 0 radical (unpaired) electrons. The normalized spacial score (nSPS) is 42.0. The maximum atomic E-state index is 5.05. The van der Waals surface area contributed by atoms with Crippen molar-refractivity contribution < 1.29 is 0 Å². The van der Waals surface area contributed by atoms with Crippen molar-refractivity contribution in [1.82, 2.24) is 15.1 Å². The molecule has 1 aromatic heterocycles. The monoisotopic (exact) mass is 271 g/mol. The molecule has 4 aliphatic carbocycles. The molecule has 2 heterocycles. The summed E-state index contributed by atoms with van der Waals surface area (Å²) in [6.07, 6.45) is 8.66. The van der Waals surface area contributed by atoms with Gasteiger partial charge in [0.25, 0.3) is 0 Å². The summed E-state index contributed by atoms with van der Waals surface area (Å²) < 4.78 is 2.48. The van der Waals surface area contributed by atoms with Gasteiger partial charge in [0.05, 0.1) is 11.7 Å². The Hall–Kier alpha value is -0.830. The third-order valence-corrected chi connectivity index (χ3v) is 6.66. The van der Waals surface area contributed by atoms with E-state index in [9.17, 15) is 0 Å². The zero-order chi connectivity index (χ0) is 13.3. The number of hydrogen-bond donors (Lipinski definition) is 1. The lowest BCUT2D eigenvalue weighted by Gasteiger charge is -2.54. The van der Waals surface area contributed by atoms with Gasteiger partial charge in [-0.2, -0.15) is 5.10 Å². The van der Waals surface area contributed by atoms with Gasteiger partial charge in [0.2, 0.25) is 0 Å². The van der Waals surface area contributed by atoms with Crippen molar-refractivity contribution in [2.75, 3.05) is 6.54 Å². The molecular weight excluding hydrogens is 246 g/mol. The predicted molar refractivity (Wildman–Crippen MR) is 78.5 cm³/mol. The average Bonchev–Trinajstić information content (AvgIpc) is 2.76. The lowest BCUT2D eigenvalue weighted by molar-refractivity contribution is -0.0345. The summed E-state index contributed by atoms with van der Waals surface area (Å²) in [6, 6.07) is 0.730. The zero-order valence-electron chi connectivity index (χ0n) is 12.4. The van der Waals surface area contributed by atoms with Gasteiger partial charge in [0, 0.05) is 12.2 Å². The Balaban J connectivity index is 1.55. The number of nitrogens with one attached hydrogen (secondary N) is 1. The highest BCUT2D eigenvalue weighted by atomic mass is 15.3. The van der Waals surface area contributed by atoms with E-state index in [0.717, 1.165) is 42.8 Å². The maximum Gasteiger partial charge on any atom is 0.0797 e. The third kappa shape index (κ3) is 1.53. The minimum atomic E-state index is 0.730. The number of nitrogens with zero attached hydrogens (tertiary/aromatic N) is 2. The summed E-state index contributed by atoms with van der Waals surface area (Å²) in [4.78, 5) is 0. The molecule has 5 aliphatic rings. The third-order valence-electron chi connectivity index (χ3n) is 6.66. The molecule has 4 saturated carbocycles. The molecule has 0 unspecified atom stereocenters. The minimum Gasteiger partial charge on any atom is -0.311 e. The van der Waals surface area contributed by atoms with Crippen LogP contribution in [0.15, 0.2) is 0 Å². The van der Waals surface area contributed by atoms with E-state index in [2.05, 4.69) is 16.9 Å². The van der Waals surface area contributed by atoms with Crippen LogP contribution in [-0.4, -0.2) is 16.3 Å². The van der Waals surface area contributed by atoms with Crippen molar-refractivity contribution in [3.05, 3.63) is 17.0 Å². The Kier molecular flexibility index (Phi) is 2.41. The first-order valence-electron chi connectivity index (χ1n) is 8.57. The van der Waals surface area contributed by atoms with Gasteiger partial charge in [-0.05, 0) is 81.2 Å². The standard InChI is InChI=1S/C17H25N3/c1-10-15-2-3-18-9-16(15)19-20(10)17-13-5-11-4-12(7-13)8-14(17)6-11/h11-14,17-18H,2-9H2,1H3. The number of rotatable bonds is 1. The Morgan fingerprint density at radius 3 is 2.40 bits per heavy atom. The second kappa shape index (κ2) is 4.09. The van der Waals surface area contributed by atoms with Gasteiger partial charge in [0.15, 0.2) is 0 Å². The van der Waals surface area contributed by atoms with Gasteiger partial charge in [-0.3, -0.25) is 4.68 Å². The highest BCUT2D eigenvalue weighted by molar-refractivity contribution is 5.28. The lowest BCUT2D eigenvalue weighted by Crippen LogP contribution is -2.46. The molecular formula is C17H25N3. The molecule has 1 aliphatic heterocycles. The Morgan fingerprint density at radius 2 is 1.75 bits per heavy atom. The molecule has 6 rings (SSSR count). The smallest absolute Gasteiger partial charge is 0.0797 e. The Labute approximate surface area is 121 Å². The van der Waals surface area contributed by atoms with Crippen molar-refractivity contribution in [2.45, 2.75) is 58.0 Å². The largest absolute Gasteiger partial charge is 0.311 e. The van der Waals surface area contributed by atoms with Crippen LogP contribution in [0, 0.1) is 30.6 Å². The van der Waals surface area contributed by atoms with E-state index in [0.29, 0.717) is 0 Å². The molecule has 1 N–H and O–H groups in total. The maximum absolute atomic E-state index is 5.05. The van der Waals surface area contributed by atoms with E-state index < -0.39 is 0 Å². The molecule has 0 atom stereocenters. The van der Waals surface area contributed by atoms with Crippen LogP contribution in [0.2, 0.25) is 0 Å². The molecule has 0 aromatic carbocycles. The predicted octanol–water partition coefficient (Wildman–Crippen LogP) is 2.83. The van der Waals surface area contributed by atoms with Crippen molar-refractivity contribution in [3.8, 4) is 0 Å². The number of aromatic nitrogens is 2. The number of hydrogen-bond acceptors (Lipinski definition) is 2. The van der Waals surface area contributed by atoms with Crippen molar-refractivity contribution in [3.63, 3.8) is 0 Å². The average molecular weight is 271 g/mol. The molecule has 0 spiro atoms. The molecule has 4 bridgehead atoms. The molecule has 3 heteroatoms. The molecule has 20 heavy (non-hydrogen) atoms. The van der Waals surface area contributed by atoms with E-state index in [1.165, 1.54) is 49.9 Å². The quantitative estimate of drug-likeness (QED) is 0.851. The first kappa shape index (κ1) is 11.8. The summed E-state index contributed by atoms with van der Waals surface area (Å²) in [5.74, 6) is 3.97. The van der Waals surface area contributed by atoms with E-state index in [1.807, 2.05) is 0 Å². The van der Waals surface area contributed by atoms with Crippen LogP contribution >= 0.6 is 0 Å². The molecule has 0 saturated heterocycles. The molecule has 4 fully saturated rings. The van der Waals surface area contributed by atoms with Crippen LogP contribution in [0.5, 0.6) is 0 Å². The first-order valence-corrected chi connectivity index (χ1v) is 8.57. The van der Waals surface area contributed by atoms with E-state index >= 15 is 0 Å². The zero-order valence-corrected chi connectivity index (χ0v) is 12.4. The van der Waals surface area contributed by atoms with Crippen LogP contribution in [0.3, 0.4) is 0 Å². The van der Waals surface area contributed by atoms with Gasteiger partial charge in [0.1, 0.15) is 0 Å². The van der Waals surface area contributed by atoms with Crippen molar-refractivity contribution in [1.29, 1.82) is 0 Å². The van der Waals surface area contributed by atoms with Crippen LogP contribution in [0.1, 0.15) is 55.1 Å². The van der Waals surface area contributed by atoms with E-state index in [1.54, 1.807) is 5.56 Å². The topological polar surface area (TPSA) is 29.9 Å².